The van der Waals surface area contributed by atoms with Crippen LogP contribution in [-0.2, 0) is 25.7 Å². The Kier molecular flexibility index (Phi) is 7.12. The van der Waals surface area contributed by atoms with Crippen molar-refractivity contribution >= 4 is 35.1 Å². The van der Waals surface area contributed by atoms with E-state index in [1.807, 2.05) is 0 Å². The second-order valence-electron chi connectivity index (χ2n) is 9.93. The third-order valence-electron chi connectivity index (χ3n) is 7.64. The lowest BCUT2D eigenvalue weighted by atomic mass is 9.81. The van der Waals surface area contributed by atoms with E-state index in [9.17, 15) is 23.6 Å². The number of likely N-dealkylation sites (tertiary alicyclic amines) is 2. The van der Waals surface area contributed by atoms with Crippen LogP contribution in [0.5, 0.6) is 0 Å². The van der Waals surface area contributed by atoms with Crippen LogP contribution in [0.1, 0.15) is 37.7 Å². The van der Waals surface area contributed by atoms with Gasteiger partial charge in [0.15, 0.2) is 0 Å². The third kappa shape index (κ3) is 4.66. The highest BCUT2D eigenvalue weighted by Crippen LogP contribution is 2.36. The summed E-state index contributed by atoms with van der Waals surface area (Å²) in [6.45, 7) is 4.71. The Morgan fingerprint density at radius 1 is 0.861 bits per heavy atom. The molecule has 4 heterocycles. The maximum atomic E-state index is 13.8. The van der Waals surface area contributed by atoms with Crippen molar-refractivity contribution in [3.8, 4) is 0 Å². The molecule has 1 atom stereocenters. The van der Waals surface area contributed by atoms with Crippen molar-refractivity contribution in [1.82, 2.24) is 19.6 Å². The number of nitrogens with zero attached hydrogens (tertiary/aromatic N) is 4. The molecule has 192 valence electrons. The minimum atomic E-state index is -1.28. The SMILES string of the molecule is O=C1C(=O)N2CCCCN(CCN3CCCC3)C(=O)C2=C2CCN(Cc3ccc(F)c(Cl)c3)C(=O)C12. The molecule has 8 nitrogen and oxygen atoms in total. The molecule has 36 heavy (non-hydrogen) atoms. The Balaban J connectivity index is 1.42. The fraction of sp³-hybridized carbons (Fsp3) is 0.538. The lowest BCUT2D eigenvalue weighted by Gasteiger charge is -2.42. The van der Waals surface area contributed by atoms with Crippen molar-refractivity contribution in [2.24, 2.45) is 5.92 Å². The van der Waals surface area contributed by atoms with E-state index < -0.39 is 29.3 Å². The number of carbonyl (C=O) groups is 4. The summed E-state index contributed by atoms with van der Waals surface area (Å²) in [4.78, 5) is 60.4. The number of carbonyl (C=O) groups excluding carboxylic acids is 4. The summed E-state index contributed by atoms with van der Waals surface area (Å²) in [6.07, 6.45) is 4.08. The molecule has 4 aliphatic rings. The van der Waals surface area contributed by atoms with Crippen LogP contribution in [0.2, 0.25) is 5.02 Å². The van der Waals surface area contributed by atoms with Crippen molar-refractivity contribution in [3.05, 3.63) is 45.9 Å². The molecule has 4 aliphatic heterocycles. The van der Waals surface area contributed by atoms with E-state index in [-0.39, 0.29) is 23.2 Å². The molecular formula is C26H30ClFN4O4. The smallest absolute Gasteiger partial charge is 0.295 e. The second-order valence-corrected chi connectivity index (χ2v) is 10.3. The molecule has 5 rings (SSSR count). The molecule has 0 bridgehead atoms. The van der Waals surface area contributed by atoms with Crippen molar-refractivity contribution in [2.75, 3.05) is 45.8 Å². The predicted octanol–water partition coefficient (Wildman–Crippen LogP) is 2.21. The molecule has 3 saturated heterocycles. The highest BCUT2D eigenvalue weighted by molar-refractivity contribution is 6.43. The molecule has 0 saturated carbocycles. The van der Waals surface area contributed by atoms with Crippen LogP contribution in [0, 0.1) is 11.7 Å². The molecule has 0 radical (unpaired) electrons. The summed E-state index contributed by atoms with van der Waals surface area (Å²) in [5, 5.41) is -0.0477. The van der Waals surface area contributed by atoms with E-state index in [1.165, 1.54) is 28.0 Å². The van der Waals surface area contributed by atoms with Gasteiger partial charge < -0.3 is 19.6 Å². The summed E-state index contributed by atoms with van der Waals surface area (Å²) in [5.41, 5.74) is 1.30. The van der Waals surface area contributed by atoms with Gasteiger partial charge >= 0.3 is 0 Å². The van der Waals surface area contributed by atoms with Gasteiger partial charge in [0.05, 0.1) is 5.02 Å². The van der Waals surface area contributed by atoms with E-state index in [4.69, 9.17) is 11.6 Å². The first-order chi connectivity index (χ1) is 17.3. The fourth-order valence-electron chi connectivity index (χ4n) is 5.69. The Hall–Kier alpha value is -2.78. The number of amides is 3. The van der Waals surface area contributed by atoms with Crippen molar-refractivity contribution in [2.45, 2.75) is 38.6 Å². The van der Waals surface area contributed by atoms with Crippen LogP contribution in [0.4, 0.5) is 4.39 Å². The van der Waals surface area contributed by atoms with Gasteiger partial charge in [0, 0.05) is 39.3 Å². The van der Waals surface area contributed by atoms with Gasteiger partial charge in [-0.15, -0.1) is 0 Å². The third-order valence-corrected chi connectivity index (χ3v) is 7.93. The minimum Gasteiger partial charge on any atom is -0.337 e. The van der Waals surface area contributed by atoms with Gasteiger partial charge in [-0.2, -0.15) is 0 Å². The maximum Gasteiger partial charge on any atom is 0.295 e. The first kappa shape index (κ1) is 24.9. The zero-order valence-electron chi connectivity index (χ0n) is 20.2. The van der Waals surface area contributed by atoms with Crippen molar-refractivity contribution in [3.63, 3.8) is 0 Å². The van der Waals surface area contributed by atoms with Gasteiger partial charge in [-0.05, 0) is 68.5 Å². The number of benzene rings is 1. The monoisotopic (exact) mass is 516 g/mol. The summed E-state index contributed by atoms with van der Waals surface area (Å²) in [7, 11) is 0. The van der Waals surface area contributed by atoms with Gasteiger partial charge in [-0.1, -0.05) is 17.7 Å². The summed E-state index contributed by atoms with van der Waals surface area (Å²) in [6, 6.07) is 4.22. The second kappa shape index (κ2) is 10.3. The van der Waals surface area contributed by atoms with E-state index >= 15 is 0 Å². The molecule has 0 spiro atoms. The highest BCUT2D eigenvalue weighted by atomic mass is 35.5. The molecule has 3 amide bonds. The van der Waals surface area contributed by atoms with E-state index in [1.54, 1.807) is 4.90 Å². The average molecular weight is 517 g/mol. The van der Waals surface area contributed by atoms with Crippen LogP contribution in [0.15, 0.2) is 29.5 Å². The van der Waals surface area contributed by atoms with Gasteiger partial charge in [-0.3, -0.25) is 19.2 Å². The van der Waals surface area contributed by atoms with Crippen LogP contribution in [-0.4, -0.2) is 88.9 Å². The van der Waals surface area contributed by atoms with E-state index in [2.05, 4.69) is 4.90 Å². The zero-order valence-corrected chi connectivity index (χ0v) is 20.9. The number of hydrogen-bond acceptors (Lipinski definition) is 5. The Morgan fingerprint density at radius 2 is 1.58 bits per heavy atom. The maximum absolute atomic E-state index is 13.8. The number of rotatable bonds is 5. The first-order valence-corrected chi connectivity index (χ1v) is 13.1. The quantitative estimate of drug-likeness (QED) is 0.443. The molecule has 10 heteroatoms. The van der Waals surface area contributed by atoms with Gasteiger partial charge in [0.25, 0.3) is 11.8 Å². The zero-order chi connectivity index (χ0) is 25.4. The molecule has 1 aromatic rings. The van der Waals surface area contributed by atoms with Gasteiger partial charge in [0.1, 0.15) is 17.4 Å². The molecule has 3 fully saturated rings. The van der Waals surface area contributed by atoms with Crippen LogP contribution in [0.25, 0.3) is 0 Å². The largest absolute Gasteiger partial charge is 0.337 e. The number of halogens is 2. The van der Waals surface area contributed by atoms with Crippen LogP contribution >= 0.6 is 11.6 Å². The number of Topliss-reactive ketones (excluding diaryl/α,β-unsaturated/α-hetero) is 1. The number of fused-ring (bicyclic) bond motifs is 2. The minimum absolute atomic E-state index is 0.0477. The Morgan fingerprint density at radius 3 is 2.33 bits per heavy atom. The van der Waals surface area contributed by atoms with Crippen LogP contribution in [0.3, 0.4) is 0 Å². The molecule has 1 unspecified atom stereocenters. The normalized spacial score (nSPS) is 23.7. The van der Waals surface area contributed by atoms with Gasteiger partial charge in [-0.25, -0.2) is 4.39 Å². The molecule has 0 aliphatic carbocycles. The first-order valence-electron chi connectivity index (χ1n) is 12.7. The topological polar surface area (TPSA) is 81.2 Å². The molecule has 0 aromatic heterocycles. The number of hydrogen-bond donors (Lipinski definition) is 0. The summed E-state index contributed by atoms with van der Waals surface area (Å²) in [5.74, 6) is -4.16. The van der Waals surface area contributed by atoms with Crippen molar-refractivity contribution in [1.29, 1.82) is 0 Å². The van der Waals surface area contributed by atoms with E-state index in [0.717, 1.165) is 38.9 Å². The summed E-state index contributed by atoms with van der Waals surface area (Å²) >= 11 is 5.89. The van der Waals surface area contributed by atoms with E-state index in [0.29, 0.717) is 50.2 Å². The highest BCUT2D eigenvalue weighted by Gasteiger charge is 2.50. The number of ketones is 1. The summed E-state index contributed by atoms with van der Waals surface area (Å²) < 4.78 is 13.6. The molecule has 1 aromatic carbocycles. The Bertz CT molecular complexity index is 1130. The fourth-order valence-corrected chi connectivity index (χ4v) is 5.89. The molecular weight excluding hydrogens is 487 g/mol. The number of piperidine rings is 1. The van der Waals surface area contributed by atoms with Gasteiger partial charge in [0.2, 0.25) is 11.7 Å². The van der Waals surface area contributed by atoms with Crippen LogP contribution < -0.4 is 0 Å². The van der Waals surface area contributed by atoms with Crippen molar-refractivity contribution < 1.29 is 23.6 Å². The average Bonchev–Trinajstić information content (AvgIpc) is 3.37. The lowest BCUT2D eigenvalue weighted by Crippen LogP contribution is -2.57. The molecule has 0 N–H and O–H groups in total. The standard InChI is InChI=1S/C26H30ClFN4O4/c27-19-15-17(5-6-20(19)28)16-31-12-7-18-21(24(31)34)23(33)26(36)32-11-4-3-10-30(25(35)22(18)32)14-13-29-8-1-2-9-29/h5-6,15,21H,1-4,7-14,16H2. The predicted molar refractivity (Wildman–Crippen MR) is 130 cm³/mol. The Labute approximate surface area is 214 Å². The lowest BCUT2D eigenvalue weighted by molar-refractivity contribution is -0.154.